The second-order valence-corrected chi connectivity index (χ2v) is 4.03. The second-order valence-electron chi connectivity index (χ2n) is 4.03. The van der Waals surface area contributed by atoms with Crippen molar-refractivity contribution in [1.82, 2.24) is 9.55 Å². The Morgan fingerprint density at radius 2 is 2.40 bits per heavy atom. The predicted molar refractivity (Wildman–Crippen MR) is 50.3 cm³/mol. The number of aliphatic carboxylic acids is 1. The van der Waals surface area contributed by atoms with Gasteiger partial charge in [0.15, 0.2) is 0 Å². The van der Waals surface area contributed by atoms with Crippen LogP contribution in [0.4, 0.5) is 0 Å². The van der Waals surface area contributed by atoms with Crippen molar-refractivity contribution < 1.29 is 14.6 Å². The van der Waals surface area contributed by atoms with E-state index in [4.69, 9.17) is 9.84 Å². The SMILES string of the molecule is O=C(O)C1CCCc2nc3c(n21)COC3. The molecular formula is C10H12N2O3. The first-order valence-electron chi connectivity index (χ1n) is 5.17. The highest BCUT2D eigenvalue weighted by Crippen LogP contribution is 2.31. The molecule has 80 valence electrons. The number of hydrogen-bond acceptors (Lipinski definition) is 3. The molecule has 0 bridgehead atoms. The van der Waals surface area contributed by atoms with Crippen LogP contribution in [-0.2, 0) is 29.2 Å². The molecule has 5 nitrogen and oxygen atoms in total. The van der Waals surface area contributed by atoms with Gasteiger partial charge in [0.25, 0.3) is 0 Å². The van der Waals surface area contributed by atoms with Crippen LogP contribution in [0.3, 0.4) is 0 Å². The van der Waals surface area contributed by atoms with Crippen molar-refractivity contribution in [2.24, 2.45) is 0 Å². The van der Waals surface area contributed by atoms with E-state index >= 15 is 0 Å². The van der Waals surface area contributed by atoms with Gasteiger partial charge < -0.3 is 14.4 Å². The molecule has 1 atom stereocenters. The van der Waals surface area contributed by atoms with Gasteiger partial charge in [-0.05, 0) is 12.8 Å². The van der Waals surface area contributed by atoms with E-state index < -0.39 is 12.0 Å². The van der Waals surface area contributed by atoms with Crippen LogP contribution < -0.4 is 0 Å². The Hall–Kier alpha value is -1.36. The van der Waals surface area contributed by atoms with Crippen LogP contribution in [0.2, 0.25) is 0 Å². The fourth-order valence-corrected chi connectivity index (χ4v) is 2.44. The molecule has 0 spiro atoms. The quantitative estimate of drug-likeness (QED) is 0.743. The number of carbonyl (C=O) groups is 1. The summed E-state index contributed by atoms with van der Waals surface area (Å²) in [5.41, 5.74) is 1.90. The molecule has 2 aliphatic rings. The van der Waals surface area contributed by atoms with Crippen molar-refractivity contribution >= 4 is 5.97 Å². The summed E-state index contributed by atoms with van der Waals surface area (Å²) in [6.45, 7) is 1.04. The topological polar surface area (TPSA) is 64.3 Å². The van der Waals surface area contributed by atoms with Crippen LogP contribution in [-0.4, -0.2) is 20.6 Å². The lowest BCUT2D eigenvalue weighted by Gasteiger charge is -2.23. The number of hydrogen-bond donors (Lipinski definition) is 1. The third-order valence-electron chi connectivity index (χ3n) is 3.12. The van der Waals surface area contributed by atoms with Gasteiger partial charge in [0, 0.05) is 6.42 Å². The molecule has 3 rings (SSSR count). The Labute approximate surface area is 86.7 Å². The Morgan fingerprint density at radius 1 is 1.53 bits per heavy atom. The van der Waals surface area contributed by atoms with Crippen molar-refractivity contribution in [3.8, 4) is 0 Å². The van der Waals surface area contributed by atoms with Crippen molar-refractivity contribution in [2.75, 3.05) is 0 Å². The summed E-state index contributed by atoms with van der Waals surface area (Å²) in [4.78, 5) is 15.6. The van der Waals surface area contributed by atoms with Gasteiger partial charge in [-0.3, -0.25) is 0 Å². The van der Waals surface area contributed by atoms with Crippen molar-refractivity contribution in [1.29, 1.82) is 0 Å². The molecule has 1 unspecified atom stereocenters. The van der Waals surface area contributed by atoms with Gasteiger partial charge in [-0.15, -0.1) is 0 Å². The number of nitrogens with zero attached hydrogens (tertiary/aromatic N) is 2. The summed E-state index contributed by atoms with van der Waals surface area (Å²) in [5, 5.41) is 9.15. The largest absolute Gasteiger partial charge is 0.480 e. The lowest BCUT2D eigenvalue weighted by Crippen LogP contribution is -2.26. The minimum Gasteiger partial charge on any atom is -0.480 e. The number of carboxylic acid groups (broad SMARTS) is 1. The number of ether oxygens (including phenoxy) is 1. The number of rotatable bonds is 1. The molecule has 1 aromatic heterocycles. The zero-order valence-electron chi connectivity index (χ0n) is 8.27. The van der Waals surface area contributed by atoms with Crippen LogP contribution in [0.25, 0.3) is 0 Å². The molecule has 0 fully saturated rings. The average Bonchev–Trinajstić information content (AvgIpc) is 2.75. The van der Waals surface area contributed by atoms with E-state index in [2.05, 4.69) is 4.98 Å². The van der Waals surface area contributed by atoms with Gasteiger partial charge in [0.2, 0.25) is 0 Å². The van der Waals surface area contributed by atoms with Crippen LogP contribution >= 0.6 is 0 Å². The van der Waals surface area contributed by atoms with Gasteiger partial charge in [-0.25, -0.2) is 9.78 Å². The summed E-state index contributed by atoms with van der Waals surface area (Å²) in [6.07, 6.45) is 2.50. The first-order valence-corrected chi connectivity index (χ1v) is 5.17. The Balaban J connectivity index is 2.12. The molecular weight excluding hydrogens is 196 g/mol. The van der Waals surface area contributed by atoms with Crippen LogP contribution in [0.5, 0.6) is 0 Å². The molecule has 1 N–H and O–H groups in total. The monoisotopic (exact) mass is 208 g/mol. The summed E-state index contributed by atoms with van der Waals surface area (Å²) in [5.74, 6) is 0.157. The van der Waals surface area contributed by atoms with E-state index in [1.54, 1.807) is 0 Å². The predicted octanol–water partition coefficient (Wildman–Crippen LogP) is 0.875. The van der Waals surface area contributed by atoms with Crippen molar-refractivity contribution in [2.45, 2.75) is 38.5 Å². The summed E-state index contributed by atoms with van der Waals surface area (Å²) >= 11 is 0. The molecule has 15 heavy (non-hydrogen) atoms. The van der Waals surface area contributed by atoms with E-state index in [9.17, 15) is 4.79 Å². The van der Waals surface area contributed by atoms with E-state index in [0.29, 0.717) is 19.6 Å². The van der Waals surface area contributed by atoms with Gasteiger partial charge in [0.1, 0.15) is 11.9 Å². The van der Waals surface area contributed by atoms with Gasteiger partial charge in [-0.2, -0.15) is 0 Å². The van der Waals surface area contributed by atoms with Crippen molar-refractivity contribution in [3.05, 3.63) is 17.2 Å². The fraction of sp³-hybridized carbons (Fsp3) is 0.600. The highest BCUT2D eigenvalue weighted by Gasteiger charge is 2.32. The van der Waals surface area contributed by atoms with E-state index in [1.165, 1.54) is 0 Å². The lowest BCUT2D eigenvalue weighted by molar-refractivity contribution is -0.141. The number of aryl methyl sites for hydroxylation is 1. The molecule has 3 heterocycles. The molecule has 0 amide bonds. The Kier molecular flexibility index (Phi) is 1.82. The van der Waals surface area contributed by atoms with E-state index in [0.717, 1.165) is 30.1 Å². The fourth-order valence-electron chi connectivity index (χ4n) is 2.44. The summed E-state index contributed by atoms with van der Waals surface area (Å²) in [6, 6.07) is -0.438. The number of carboxylic acids is 1. The molecule has 0 saturated carbocycles. The van der Waals surface area contributed by atoms with Gasteiger partial charge in [-0.1, -0.05) is 0 Å². The molecule has 0 saturated heterocycles. The maximum atomic E-state index is 11.1. The highest BCUT2D eigenvalue weighted by molar-refractivity contribution is 5.72. The maximum Gasteiger partial charge on any atom is 0.326 e. The van der Waals surface area contributed by atoms with Crippen LogP contribution in [0.1, 0.15) is 36.1 Å². The van der Waals surface area contributed by atoms with Crippen molar-refractivity contribution in [3.63, 3.8) is 0 Å². The van der Waals surface area contributed by atoms with Crippen LogP contribution in [0, 0.1) is 0 Å². The first-order chi connectivity index (χ1) is 7.27. The third-order valence-corrected chi connectivity index (χ3v) is 3.12. The van der Waals surface area contributed by atoms with Gasteiger partial charge >= 0.3 is 5.97 Å². The number of aromatic nitrogens is 2. The smallest absolute Gasteiger partial charge is 0.326 e. The van der Waals surface area contributed by atoms with Crippen LogP contribution in [0.15, 0.2) is 0 Å². The van der Waals surface area contributed by atoms with E-state index in [1.807, 2.05) is 4.57 Å². The normalized spacial score (nSPS) is 23.6. The average molecular weight is 208 g/mol. The zero-order valence-corrected chi connectivity index (χ0v) is 8.27. The van der Waals surface area contributed by atoms with E-state index in [-0.39, 0.29) is 0 Å². The molecule has 0 aromatic carbocycles. The molecule has 0 radical (unpaired) electrons. The minimum absolute atomic E-state index is 0.438. The third kappa shape index (κ3) is 1.19. The molecule has 2 aliphatic heterocycles. The standard InChI is InChI=1S/C10H12N2O3/c13-10(14)7-2-1-3-9-11-6-4-15-5-8(6)12(7)9/h7H,1-5H2,(H,13,14). The summed E-state index contributed by atoms with van der Waals surface area (Å²) < 4.78 is 7.14. The summed E-state index contributed by atoms with van der Waals surface area (Å²) in [7, 11) is 0. The second kappa shape index (κ2) is 3.06. The number of fused-ring (bicyclic) bond motifs is 3. The zero-order chi connectivity index (χ0) is 10.4. The van der Waals surface area contributed by atoms with Gasteiger partial charge in [0.05, 0.1) is 24.6 Å². The number of imidazole rings is 1. The lowest BCUT2D eigenvalue weighted by atomic mass is 10.0. The Bertz CT molecular complexity index is 425. The Morgan fingerprint density at radius 3 is 3.20 bits per heavy atom. The first kappa shape index (κ1) is 8.91. The molecule has 5 heteroatoms. The molecule has 1 aromatic rings. The minimum atomic E-state index is -0.761. The highest BCUT2D eigenvalue weighted by atomic mass is 16.5. The molecule has 0 aliphatic carbocycles. The maximum absolute atomic E-state index is 11.1.